The SMILES string of the molecule is CCc1cc(Nc2nc(Nc3ccccc3P(C)(C)=O)c3cn[nH]c3n2)c(OC)cc1N1CCC(N2CCNCC2)CC1. The first-order valence-electron chi connectivity index (χ1n) is 15.1. The van der Waals surface area contributed by atoms with Crippen LogP contribution in [-0.2, 0) is 11.0 Å². The Balaban J connectivity index is 1.26. The third-order valence-electron chi connectivity index (χ3n) is 8.55. The maximum absolute atomic E-state index is 13.0. The van der Waals surface area contributed by atoms with Gasteiger partial charge >= 0.3 is 0 Å². The molecular formula is C31H42N9O2P. The molecule has 11 nitrogen and oxygen atoms in total. The normalized spacial score (nSPS) is 16.9. The first-order chi connectivity index (χ1) is 20.8. The summed E-state index contributed by atoms with van der Waals surface area (Å²) in [6.07, 6.45) is 4.93. The molecule has 2 aromatic heterocycles. The second kappa shape index (κ2) is 12.5. The number of hydrogen-bond acceptors (Lipinski definition) is 10. The molecule has 4 heterocycles. The molecule has 2 aromatic carbocycles. The standard InChI is InChI=1S/C31H42N9O2P/c1-5-21-18-25(27(42-2)19-26(21)40-14-10-22(11-15-40)39-16-12-32-13-17-39)35-31-36-29(23-20-33-38-30(23)37-31)34-24-8-6-7-9-28(24)43(3,4)41/h6-9,18-20,22,32H,5,10-17H2,1-4H3,(H3,33,34,35,36,37,38). The Morgan fingerprint density at radius 3 is 2.51 bits per heavy atom. The third-order valence-corrected chi connectivity index (χ3v) is 10.1. The van der Waals surface area contributed by atoms with E-state index >= 15 is 0 Å². The van der Waals surface area contributed by atoms with Gasteiger partial charge in [-0.1, -0.05) is 19.1 Å². The van der Waals surface area contributed by atoms with E-state index in [-0.39, 0.29) is 0 Å². The Labute approximate surface area is 253 Å². The Kier molecular flexibility index (Phi) is 8.56. The highest BCUT2D eigenvalue weighted by Crippen LogP contribution is 2.40. The number of para-hydroxylation sites is 1. The lowest BCUT2D eigenvalue weighted by Crippen LogP contribution is -2.52. The van der Waals surface area contributed by atoms with Crippen LogP contribution in [0.1, 0.15) is 25.3 Å². The maximum Gasteiger partial charge on any atom is 0.231 e. The molecule has 0 saturated carbocycles. The zero-order chi connectivity index (χ0) is 30.0. The van der Waals surface area contributed by atoms with Crippen LogP contribution >= 0.6 is 7.14 Å². The van der Waals surface area contributed by atoms with E-state index < -0.39 is 7.14 Å². The molecule has 228 valence electrons. The second-order valence-corrected chi connectivity index (χ2v) is 14.9. The van der Waals surface area contributed by atoms with Gasteiger partial charge in [0.2, 0.25) is 5.95 Å². The molecule has 6 rings (SSSR count). The van der Waals surface area contributed by atoms with Crippen molar-refractivity contribution >= 4 is 52.3 Å². The molecule has 43 heavy (non-hydrogen) atoms. The number of nitrogens with zero attached hydrogens (tertiary/aromatic N) is 5. The van der Waals surface area contributed by atoms with Crippen LogP contribution in [0.5, 0.6) is 5.75 Å². The Hall–Kier alpha value is -3.66. The number of anilines is 5. The first-order valence-corrected chi connectivity index (χ1v) is 17.7. The van der Waals surface area contributed by atoms with Gasteiger partial charge in [0, 0.05) is 62.4 Å². The molecule has 2 saturated heterocycles. The highest BCUT2D eigenvalue weighted by Gasteiger charge is 2.27. The molecule has 0 amide bonds. The van der Waals surface area contributed by atoms with Crippen molar-refractivity contribution in [1.82, 2.24) is 30.4 Å². The molecule has 2 aliphatic rings. The molecule has 0 unspecified atom stereocenters. The van der Waals surface area contributed by atoms with E-state index in [0.717, 1.165) is 73.5 Å². The van der Waals surface area contributed by atoms with Crippen molar-refractivity contribution in [2.75, 3.05) is 75.2 Å². The predicted octanol–water partition coefficient (Wildman–Crippen LogP) is 4.53. The zero-order valence-corrected chi connectivity index (χ0v) is 26.4. The predicted molar refractivity (Wildman–Crippen MR) is 176 cm³/mol. The van der Waals surface area contributed by atoms with Gasteiger partial charge in [-0.15, -0.1) is 0 Å². The number of ether oxygens (including phenoxy) is 1. The van der Waals surface area contributed by atoms with E-state index in [1.165, 1.54) is 24.1 Å². The Morgan fingerprint density at radius 1 is 1.02 bits per heavy atom. The number of fused-ring (bicyclic) bond motifs is 1. The van der Waals surface area contributed by atoms with Crippen molar-refractivity contribution in [2.45, 2.75) is 32.2 Å². The van der Waals surface area contributed by atoms with Gasteiger partial charge in [-0.05, 0) is 56.4 Å². The summed E-state index contributed by atoms with van der Waals surface area (Å²) >= 11 is 0. The summed E-state index contributed by atoms with van der Waals surface area (Å²) in [6.45, 7) is 12.3. The van der Waals surface area contributed by atoms with E-state index in [1.54, 1.807) is 26.6 Å². The molecule has 4 N–H and O–H groups in total. The number of H-pyrrole nitrogens is 1. The number of piperidine rings is 1. The first kappa shape index (κ1) is 29.4. The zero-order valence-electron chi connectivity index (χ0n) is 25.5. The van der Waals surface area contributed by atoms with Gasteiger partial charge in [0.15, 0.2) is 5.65 Å². The number of aromatic nitrogens is 4. The van der Waals surface area contributed by atoms with Crippen LogP contribution in [0.25, 0.3) is 11.0 Å². The fourth-order valence-corrected chi connectivity index (χ4v) is 7.42. The molecular weight excluding hydrogens is 561 g/mol. The summed E-state index contributed by atoms with van der Waals surface area (Å²) < 4.78 is 18.9. The summed E-state index contributed by atoms with van der Waals surface area (Å²) in [4.78, 5) is 14.7. The van der Waals surface area contributed by atoms with Gasteiger partial charge in [-0.3, -0.25) is 10.00 Å². The van der Waals surface area contributed by atoms with E-state index in [4.69, 9.17) is 9.72 Å². The summed E-state index contributed by atoms with van der Waals surface area (Å²) in [5.41, 5.74) is 4.62. The van der Waals surface area contributed by atoms with Crippen molar-refractivity contribution in [3.63, 3.8) is 0 Å². The third kappa shape index (κ3) is 6.34. The minimum atomic E-state index is -2.52. The highest BCUT2D eigenvalue weighted by atomic mass is 31.2. The van der Waals surface area contributed by atoms with Crippen LogP contribution < -0.4 is 30.9 Å². The summed E-state index contributed by atoms with van der Waals surface area (Å²) in [5.74, 6) is 1.71. The topological polar surface area (TPSA) is 123 Å². The summed E-state index contributed by atoms with van der Waals surface area (Å²) in [5, 5.41) is 18.9. The number of piperazine rings is 1. The van der Waals surface area contributed by atoms with E-state index in [0.29, 0.717) is 23.5 Å². The monoisotopic (exact) mass is 603 g/mol. The number of aromatic amines is 1. The van der Waals surface area contributed by atoms with Crippen LogP contribution in [0.4, 0.5) is 28.8 Å². The van der Waals surface area contributed by atoms with Gasteiger partial charge in [0.25, 0.3) is 0 Å². The minimum Gasteiger partial charge on any atom is -0.494 e. The lowest BCUT2D eigenvalue weighted by atomic mass is 9.99. The van der Waals surface area contributed by atoms with Gasteiger partial charge in [0.1, 0.15) is 18.7 Å². The number of nitrogens with one attached hydrogen (secondary N) is 4. The van der Waals surface area contributed by atoms with Crippen molar-refractivity contribution < 1.29 is 9.30 Å². The van der Waals surface area contributed by atoms with Crippen molar-refractivity contribution in [3.8, 4) is 5.75 Å². The number of benzene rings is 2. The lowest BCUT2D eigenvalue weighted by molar-refractivity contribution is 0.150. The van der Waals surface area contributed by atoms with E-state index in [9.17, 15) is 4.57 Å². The average Bonchev–Trinajstić information content (AvgIpc) is 3.50. The van der Waals surface area contributed by atoms with Crippen LogP contribution in [0, 0.1) is 0 Å². The number of rotatable bonds is 9. The quantitative estimate of drug-likeness (QED) is 0.203. The number of aryl methyl sites for hydroxylation is 1. The largest absolute Gasteiger partial charge is 0.494 e. The van der Waals surface area contributed by atoms with Crippen LogP contribution in [0.15, 0.2) is 42.6 Å². The fraction of sp³-hybridized carbons (Fsp3) is 0.452. The lowest BCUT2D eigenvalue weighted by Gasteiger charge is -2.41. The molecule has 4 aromatic rings. The van der Waals surface area contributed by atoms with Gasteiger partial charge in [0.05, 0.1) is 30.1 Å². The van der Waals surface area contributed by atoms with Crippen LogP contribution in [-0.4, -0.2) is 90.8 Å². The molecule has 2 aliphatic heterocycles. The number of methoxy groups -OCH3 is 1. The molecule has 0 atom stereocenters. The summed E-state index contributed by atoms with van der Waals surface area (Å²) in [6, 6.07) is 12.6. The Morgan fingerprint density at radius 2 is 1.79 bits per heavy atom. The van der Waals surface area contributed by atoms with Gasteiger partial charge in [-0.2, -0.15) is 15.1 Å². The van der Waals surface area contributed by atoms with E-state index in [1.807, 2.05) is 24.3 Å². The van der Waals surface area contributed by atoms with Gasteiger partial charge in [-0.25, -0.2) is 0 Å². The smallest absolute Gasteiger partial charge is 0.231 e. The fourth-order valence-electron chi connectivity index (χ4n) is 6.26. The summed E-state index contributed by atoms with van der Waals surface area (Å²) in [7, 11) is -0.825. The maximum atomic E-state index is 13.0. The van der Waals surface area contributed by atoms with E-state index in [2.05, 4.69) is 60.0 Å². The second-order valence-electron chi connectivity index (χ2n) is 11.7. The Bertz CT molecular complexity index is 1620. The van der Waals surface area contributed by atoms with Crippen LogP contribution in [0.3, 0.4) is 0 Å². The van der Waals surface area contributed by atoms with Crippen molar-refractivity contribution in [2.24, 2.45) is 0 Å². The van der Waals surface area contributed by atoms with Gasteiger partial charge < -0.3 is 30.2 Å². The molecule has 2 fully saturated rings. The molecule has 12 heteroatoms. The molecule has 0 spiro atoms. The van der Waals surface area contributed by atoms with Crippen molar-refractivity contribution in [1.29, 1.82) is 0 Å². The van der Waals surface area contributed by atoms with Crippen molar-refractivity contribution in [3.05, 3.63) is 48.2 Å². The minimum absolute atomic E-state index is 0.401. The highest BCUT2D eigenvalue weighted by molar-refractivity contribution is 7.70. The number of hydrogen-bond donors (Lipinski definition) is 4. The van der Waals surface area contributed by atoms with Crippen LogP contribution in [0.2, 0.25) is 0 Å². The molecule has 0 radical (unpaired) electrons. The molecule has 0 bridgehead atoms. The average molecular weight is 604 g/mol. The molecule has 0 aliphatic carbocycles.